The van der Waals surface area contributed by atoms with Crippen LogP contribution in [-0.2, 0) is 20.8 Å². The zero-order chi connectivity index (χ0) is 17.6. The van der Waals surface area contributed by atoms with Gasteiger partial charge in [-0.25, -0.2) is 4.98 Å². The number of para-hydroxylation sites is 1. The average Bonchev–Trinajstić information content (AvgIpc) is 2.88. The third kappa shape index (κ3) is 2.59. The van der Waals surface area contributed by atoms with E-state index in [1.165, 1.54) is 6.92 Å². The Labute approximate surface area is 143 Å². The van der Waals surface area contributed by atoms with Crippen molar-refractivity contribution in [3.63, 3.8) is 0 Å². The molecule has 0 aliphatic carbocycles. The maximum absolute atomic E-state index is 12.4. The number of aromatic nitrogens is 2. The molecule has 3 heterocycles. The Balaban J connectivity index is 1.97. The fourth-order valence-corrected chi connectivity index (χ4v) is 3.50. The van der Waals surface area contributed by atoms with Gasteiger partial charge in [-0.1, -0.05) is 18.2 Å². The highest BCUT2D eigenvalue weighted by Crippen LogP contribution is 2.33. The van der Waals surface area contributed by atoms with Crippen LogP contribution >= 0.6 is 0 Å². The van der Waals surface area contributed by atoms with Gasteiger partial charge in [0, 0.05) is 23.6 Å². The number of amides is 2. The summed E-state index contributed by atoms with van der Waals surface area (Å²) in [6.07, 6.45) is 1.00. The van der Waals surface area contributed by atoms with Gasteiger partial charge in [0.1, 0.15) is 17.5 Å². The van der Waals surface area contributed by atoms with Crippen molar-refractivity contribution in [2.24, 2.45) is 0 Å². The fourth-order valence-electron chi connectivity index (χ4n) is 3.50. The maximum atomic E-state index is 12.4. The van der Waals surface area contributed by atoms with E-state index in [9.17, 15) is 14.4 Å². The lowest BCUT2D eigenvalue weighted by atomic mass is 10.1. The van der Waals surface area contributed by atoms with Crippen molar-refractivity contribution in [1.82, 2.24) is 14.9 Å². The van der Waals surface area contributed by atoms with E-state index < -0.39 is 6.04 Å². The van der Waals surface area contributed by atoms with Crippen LogP contribution in [0.5, 0.6) is 0 Å². The third-order valence-electron chi connectivity index (χ3n) is 4.57. The number of nitrogens with zero attached hydrogens (tertiary/aromatic N) is 2. The first kappa shape index (κ1) is 15.5. The summed E-state index contributed by atoms with van der Waals surface area (Å²) < 4.78 is 1.90. The van der Waals surface area contributed by atoms with Gasteiger partial charge in [0.15, 0.2) is 0 Å². The monoisotopic (exact) mass is 335 g/mol. The Bertz CT molecular complexity index is 1030. The molecule has 4 rings (SSSR count). The second-order valence-electron chi connectivity index (χ2n) is 6.41. The first-order valence-corrected chi connectivity index (χ1v) is 8.26. The highest BCUT2D eigenvalue weighted by atomic mass is 16.2. The molecule has 1 aromatic carbocycles. The van der Waals surface area contributed by atoms with Gasteiger partial charge < -0.3 is 4.57 Å². The Morgan fingerprint density at radius 2 is 2.00 bits per heavy atom. The van der Waals surface area contributed by atoms with Gasteiger partial charge in [0.25, 0.3) is 0 Å². The largest absolute Gasteiger partial charge is 0.313 e. The molecule has 1 atom stereocenters. The molecule has 2 amide bonds. The van der Waals surface area contributed by atoms with Gasteiger partial charge in [-0.05, 0) is 31.5 Å². The van der Waals surface area contributed by atoms with Gasteiger partial charge in [0.05, 0.1) is 11.2 Å². The lowest BCUT2D eigenvalue weighted by Crippen LogP contribution is -2.41. The van der Waals surface area contributed by atoms with Gasteiger partial charge in [-0.2, -0.15) is 0 Å². The van der Waals surface area contributed by atoms with E-state index >= 15 is 0 Å². The van der Waals surface area contributed by atoms with E-state index in [2.05, 4.69) is 10.3 Å². The van der Waals surface area contributed by atoms with Crippen LogP contribution in [-0.4, -0.2) is 27.1 Å². The van der Waals surface area contributed by atoms with Crippen molar-refractivity contribution < 1.29 is 14.4 Å². The zero-order valence-electron chi connectivity index (χ0n) is 13.8. The molecular formula is C19H17N3O3. The third-order valence-corrected chi connectivity index (χ3v) is 4.57. The summed E-state index contributed by atoms with van der Waals surface area (Å²) in [4.78, 5) is 40.0. The summed E-state index contributed by atoms with van der Waals surface area (Å²) >= 11 is 0. The van der Waals surface area contributed by atoms with E-state index in [1.807, 2.05) is 41.0 Å². The number of hydrogen-bond acceptors (Lipinski definition) is 4. The van der Waals surface area contributed by atoms with E-state index in [1.54, 1.807) is 0 Å². The smallest absolute Gasteiger partial charge is 0.249 e. The van der Waals surface area contributed by atoms with Crippen LogP contribution in [0.2, 0.25) is 0 Å². The van der Waals surface area contributed by atoms with Crippen LogP contribution < -0.4 is 5.32 Å². The molecule has 6 nitrogen and oxygen atoms in total. The van der Waals surface area contributed by atoms with E-state index in [0.29, 0.717) is 24.2 Å². The second kappa shape index (κ2) is 5.81. The lowest BCUT2D eigenvalue weighted by Gasteiger charge is -2.23. The number of fused-ring (bicyclic) bond motifs is 3. The van der Waals surface area contributed by atoms with Gasteiger partial charge >= 0.3 is 0 Å². The predicted molar refractivity (Wildman–Crippen MR) is 93.0 cm³/mol. The van der Waals surface area contributed by atoms with Crippen molar-refractivity contribution >= 4 is 39.5 Å². The number of piperidine rings is 1. The lowest BCUT2D eigenvalue weighted by molar-refractivity contribution is -0.135. The number of benzene rings is 1. The van der Waals surface area contributed by atoms with Crippen LogP contribution in [0.25, 0.3) is 21.9 Å². The van der Waals surface area contributed by atoms with Crippen LogP contribution in [0.15, 0.2) is 36.4 Å². The van der Waals surface area contributed by atoms with Crippen molar-refractivity contribution in [2.75, 3.05) is 0 Å². The standard InChI is InChI=1S/C19H17N3O3/c1-11(23)10-12-6-7-14-13-4-2-3-5-15(13)22(18(14)20-12)16-8-9-17(24)21-19(16)25/h2-7,16H,8-10H2,1H3,(H,21,24,25). The Morgan fingerprint density at radius 3 is 2.76 bits per heavy atom. The van der Waals surface area contributed by atoms with Crippen LogP contribution in [0, 0.1) is 0 Å². The summed E-state index contributed by atoms with van der Waals surface area (Å²) in [7, 11) is 0. The number of hydrogen-bond donors (Lipinski definition) is 1. The van der Waals surface area contributed by atoms with Crippen molar-refractivity contribution in [1.29, 1.82) is 0 Å². The number of carbonyl (C=O) groups excluding carboxylic acids is 3. The number of Topliss-reactive ketones (excluding diaryl/α,β-unsaturated/α-hetero) is 1. The summed E-state index contributed by atoms with van der Waals surface area (Å²) in [5.74, 6) is -0.513. The molecule has 1 aliphatic heterocycles. The molecule has 0 saturated carbocycles. The first-order chi connectivity index (χ1) is 12.0. The van der Waals surface area contributed by atoms with E-state index in [0.717, 1.165) is 16.3 Å². The number of nitrogens with one attached hydrogen (secondary N) is 1. The molecular weight excluding hydrogens is 318 g/mol. The Morgan fingerprint density at radius 1 is 1.20 bits per heavy atom. The Kier molecular flexibility index (Phi) is 3.60. The predicted octanol–water partition coefficient (Wildman–Crippen LogP) is 2.30. The minimum Gasteiger partial charge on any atom is -0.313 e. The number of ketones is 1. The molecule has 25 heavy (non-hydrogen) atoms. The number of imide groups is 1. The zero-order valence-corrected chi connectivity index (χ0v) is 13.8. The molecule has 1 saturated heterocycles. The molecule has 126 valence electrons. The van der Waals surface area contributed by atoms with Gasteiger partial charge in [-0.15, -0.1) is 0 Å². The molecule has 0 spiro atoms. The molecule has 6 heteroatoms. The van der Waals surface area contributed by atoms with Gasteiger partial charge in [-0.3, -0.25) is 19.7 Å². The average molecular weight is 335 g/mol. The molecule has 1 N–H and O–H groups in total. The molecule has 0 bridgehead atoms. The van der Waals surface area contributed by atoms with Crippen molar-refractivity contribution in [2.45, 2.75) is 32.2 Å². The molecule has 1 fully saturated rings. The molecule has 0 radical (unpaired) electrons. The molecule has 1 unspecified atom stereocenters. The summed E-state index contributed by atoms with van der Waals surface area (Å²) in [5.41, 5.74) is 2.25. The Hall–Kier alpha value is -3.02. The highest BCUT2D eigenvalue weighted by molar-refractivity contribution is 6.09. The van der Waals surface area contributed by atoms with Crippen LogP contribution in [0.1, 0.15) is 31.5 Å². The topological polar surface area (TPSA) is 81.1 Å². The number of pyridine rings is 1. The molecule has 3 aromatic rings. The second-order valence-corrected chi connectivity index (χ2v) is 6.41. The van der Waals surface area contributed by atoms with E-state index in [4.69, 9.17) is 0 Å². The molecule has 1 aliphatic rings. The maximum Gasteiger partial charge on any atom is 0.249 e. The molecule has 2 aromatic heterocycles. The van der Waals surface area contributed by atoms with Gasteiger partial charge in [0.2, 0.25) is 11.8 Å². The summed E-state index contributed by atoms with van der Waals surface area (Å²) in [6, 6.07) is 11.1. The fraction of sp³-hybridized carbons (Fsp3) is 0.263. The van der Waals surface area contributed by atoms with Crippen molar-refractivity contribution in [3.8, 4) is 0 Å². The first-order valence-electron chi connectivity index (χ1n) is 8.26. The summed E-state index contributed by atoms with van der Waals surface area (Å²) in [5, 5.41) is 4.35. The quantitative estimate of drug-likeness (QED) is 0.745. The van der Waals surface area contributed by atoms with Crippen LogP contribution in [0.3, 0.4) is 0 Å². The minimum atomic E-state index is -0.486. The van der Waals surface area contributed by atoms with E-state index in [-0.39, 0.29) is 24.0 Å². The summed E-state index contributed by atoms with van der Waals surface area (Å²) in [6.45, 7) is 1.53. The SMILES string of the molecule is CC(=O)Cc1ccc2c3ccccc3n(C3CCC(=O)NC3=O)c2n1. The number of rotatable bonds is 3. The number of carbonyl (C=O) groups is 3. The highest BCUT2D eigenvalue weighted by Gasteiger charge is 2.30. The van der Waals surface area contributed by atoms with Crippen LogP contribution in [0.4, 0.5) is 0 Å². The van der Waals surface area contributed by atoms with Crippen molar-refractivity contribution in [3.05, 3.63) is 42.1 Å². The normalized spacial score (nSPS) is 17.9. The minimum absolute atomic E-state index is 0.0375.